The topological polar surface area (TPSA) is 12.5 Å². The molecular weight excluding hydrogens is 338 g/mol. The molecule has 2 heterocycles. The summed E-state index contributed by atoms with van der Waals surface area (Å²) in [6.07, 6.45) is 6.12. The summed E-state index contributed by atoms with van der Waals surface area (Å²) in [6.45, 7) is 12.4. The van der Waals surface area contributed by atoms with Crippen molar-refractivity contribution in [2.75, 3.05) is 11.9 Å². The van der Waals surface area contributed by atoms with Gasteiger partial charge in [0, 0.05) is 22.8 Å². The van der Waals surface area contributed by atoms with E-state index in [0.29, 0.717) is 5.76 Å². The first-order valence-corrected chi connectivity index (χ1v) is 8.06. The van der Waals surface area contributed by atoms with Gasteiger partial charge in [-0.25, -0.2) is 0 Å². The van der Waals surface area contributed by atoms with E-state index in [2.05, 4.69) is 91.3 Å². The van der Waals surface area contributed by atoms with Crippen molar-refractivity contribution in [3.05, 3.63) is 77.0 Å². The first kappa shape index (κ1) is 15.2. The lowest BCUT2D eigenvalue weighted by atomic mass is 9.76. The van der Waals surface area contributed by atoms with Crippen LogP contribution in [-0.4, -0.2) is 12.8 Å². The van der Waals surface area contributed by atoms with E-state index in [-0.39, 0.29) is 5.41 Å². The van der Waals surface area contributed by atoms with E-state index >= 15 is 0 Å². The second kappa shape index (κ2) is 4.88. The number of ether oxygens (including phenoxy) is 1. The predicted octanol–water partition coefficient (Wildman–Crippen LogP) is 5.05. The molecule has 3 heteroatoms. The molecule has 114 valence electrons. The van der Waals surface area contributed by atoms with Crippen molar-refractivity contribution in [1.82, 2.24) is 0 Å². The largest absolute Gasteiger partial charge is 0.463 e. The van der Waals surface area contributed by atoms with Gasteiger partial charge in [-0.05, 0) is 43.7 Å². The van der Waals surface area contributed by atoms with Gasteiger partial charge in [0.15, 0.2) is 0 Å². The van der Waals surface area contributed by atoms with Gasteiger partial charge in [0.05, 0.1) is 5.41 Å². The number of nitrogens with zero attached hydrogens (tertiary/aromatic N) is 1. The summed E-state index contributed by atoms with van der Waals surface area (Å²) < 4.78 is 7.17. The highest BCUT2D eigenvalue weighted by atomic mass is 79.9. The lowest BCUT2D eigenvalue weighted by Crippen LogP contribution is -2.55. The molecule has 1 aromatic rings. The van der Waals surface area contributed by atoms with Crippen molar-refractivity contribution in [2.45, 2.75) is 25.0 Å². The summed E-state index contributed by atoms with van der Waals surface area (Å²) >= 11 is 3.36. The second-order valence-electron chi connectivity index (χ2n) is 6.30. The SMILES string of the molecule is C=C(Br)/C=C1/C=CC2(OC1=C)N(C)c1ccccc1C2(C)C. The van der Waals surface area contributed by atoms with Crippen LogP contribution in [-0.2, 0) is 10.2 Å². The third kappa shape index (κ3) is 1.92. The summed E-state index contributed by atoms with van der Waals surface area (Å²) in [4.78, 5) is 2.20. The summed E-state index contributed by atoms with van der Waals surface area (Å²) in [5.41, 5.74) is 2.68. The highest BCUT2D eigenvalue weighted by molar-refractivity contribution is 9.11. The van der Waals surface area contributed by atoms with Crippen molar-refractivity contribution in [1.29, 1.82) is 0 Å². The van der Waals surface area contributed by atoms with Crippen LogP contribution in [0.3, 0.4) is 0 Å². The van der Waals surface area contributed by atoms with E-state index in [9.17, 15) is 0 Å². The summed E-state index contributed by atoms with van der Waals surface area (Å²) in [7, 11) is 2.07. The molecule has 0 N–H and O–H groups in total. The number of fused-ring (bicyclic) bond motifs is 1. The summed E-state index contributed by atoms with van der Waals surface area (Å²) in [6, 6.07) is 8.45. The molecule has 22 heavy (non-hydrogen) atoms. The van der Waals surface area contributed by atoms with Crippen LogP contribution in [0.4, 0.5) is 5.69 Å². The van der Waals surface area contributed by atoms with Crippen LogP contribution in [0.5, 0.6) is 0 Å². The molecule has 1 unspecified atom stereocenters. The number of benzene rings is 1. The van der Waals surface area contributed by atoms with Gasteiger partial charge >= 0.3 is 0 Å². The third-order valence-corrected chi connectivity index (χ3v) is 4.96. The standard InChI is InChI=1S/C19H20BrNO/c1-13(20)12-15-10-11-19(22-14(15)2)18(3,4)16-8-6-7-9-17(16)21(19)5/h6-12H,1-2H2,3-5H3/b15-12-. The summed E-state index contributed by atoms with van der Waals surface area (Å²) in [5, 5.41) is 0. The van der Waals surface area contributed by atoms with Crippen LogP contribution in [0, 0.1) is 0 Å². The number of para-hydroxylation sites is 1. The lowest BCUT2D eigenvalue weighted by molar-refractivity contribution is -0.00127. The van der Waals surface area contributed by atoms with Gasteiger partial charge in [-0.2, -0.15) is 0 Å². The second-order valence-corrected chi connectivity index (χ2v) is 7.32. The van der Waals surface area contributed by atoms with Crippen LogP contribution >= 0.6 is 15.9 Å². The Kier molecular flexibility index (Phi) is 3.37. The first-order valence-electron chi connectivity index (χ1n) is 7.26. The molecular formula is C19H20BrNO. The molecule has 0 saturated heterocycles. The average molecular weight is 358 g/mol. The molecule has 1 atom stereocenters. The number of likely N-dealkylation sites (N-methyl/N-ethyl adjacent to an activating group) is 1. The maximum absolute atomic E-state index is 6.37. The van der Waals surface area contributed by atoms with Crippen molar-refractivity contribution in [3.8, 4) is 0 Å². The van der Waals surface area contributed by atoms with E-state index in [4.69, 9.17) is 4.74 Å². The fourth-order valence-corrected chi connectivity index (χ4v) is 3.72. The van der Waals surface area contributed by atoms with Gasteiger partial charge in [-0.3, -0.25) is 0 Å². The third-order valence-electron chi connectivity index (χ3n) is 4.73. The highest BCUT2D eigenvalue weighted by Crippen LogP contribution is 2.54. The maximum Gasteiger partial charge on any atom is 0.211 e. The zero-order valence-corrected chi connectivity index (χ0v) is 14.8. The van der Waals surface area contributed by atoms with Crippen molar-refractivity contribution in [2.24, 2.45) is 0 Å². The minimum atomic E-state index is -0.557. The molecule has 1 aromatic carbocycles. The van der Waals surface area contributed by atoms with Crippen LogP contribution in [0.1, 0.15) is 19.4 Å². The molecule has 3 rings (SSSR count). The van der Waals surface area contributed by atoms with Crippen LogP contribution < -0.4 is 4.90 Å². The average Bonchev–Trinajstić information content (AvgIpc) is 2.62. The number of anilines is 1. The number of halogens is 1. The predicted molar refractivity (Wildman–Crippen MR) is 96.1 cm³/mol. The Morgan fingerprint density at radius 2 is 2.00 bits per heavy atom. The number of hydrogen-bond donors (Lipinski definition) is 0. The van der Waals surface area contributed by atoms with Crippen molar-refractivity contribution in [3.63, 3.8) is 0 Å². The normalized spacial score (nSPS) is 27.2. The molecule has 1 spiro atoms. The Morgan fingerprint density at radius 3 is 2.59 bits per heavy atom. The van der Waals surface area contributed by atoms with Crippen LogP contribution in [0.15, 0.2) is 71.5 Å². The zero-order valence-electron chi connectivity index (χ0n) is 13.2. The Labute approximate surface area is 140 Å². The van der Waals surface area contributed by atoms with Crippen LogP contribution in [0.2, 0.25) is 0 Å². The fourth-order valence-electron chi connectivity index (χ4n) is 3.48. The molecule has 2 aliphatic rings. The van der Waals surface area contributed by atoms with E-state index in [1.807, 2.05) is 6.08 Å². The Hall–Kier alpha value is -1.74. The minimum Gasteiger partial charge on any atom is -0.463 e. The Morgan fingerprint density at radius 1 is 1.32 bits per heavy atom. The maximum atomic E-state index is 6.37. The molecule has 2 aliphatic heterocycles. The molecule has 2 nitrogen and oxygen atoms in total. The fraction of sp³-hybridized carbons (Fsp3) is 0.263. The molecule has 0 saturated carbocycles. The van der Waals surface area contributed by atoms with Crippen molar-refractivity contribution < 1.29 is 4.74 Å². The molecule has 0 aliphatic carbocycles. The quantitative estimate of drug-likeness (QED) is 0.697. The molecule has 0 radical (unpaired) electrons. The van der Waals surface area contributed by atoms with E-state index < -0.39 is 5.72 Å². The van der Waals surface area contributed by atoms with E-state index in [1.54, 1.807) is 0 Å². The number of hydrogen-bond acceptors (Lipinski definition) is 2. The van der Waals surface area contributed by atoms with Gasteiger partial charge in [0.2, 0.25) is 5.72 Å². The van der Waals surface area contributed by atoms with Gasteiger partial charge in [-0.1, -0.05) is 47.3 Å². The van der Waals surface area contributed by atoms with Gasteiger partial charge < -0.3 is 9.64 Å². The molecule has 0 aromatic heterocycles. The van der Waals surface area contributed by atoms with E-state index in [0.717, 1.165) is 10.1 Å². The molecule has 0 fully saturated rings. The molecule has 0 bridgehead atoms. The first-order chi connectivity index (χ1) is 10.3. The van der Waals surface area contributed by atoms with Gasteiger partial charge in [-0.15, -0.1) is 0 Å². The minimum absolute atomic E-state index is 0.186. The van der Waals surface area contributed by atoms with Gasteiger partial charge in [0.25, 0.3) is 0 Å². The Bertz CT molecular complexity index is 729. The smallest absolute Gasteiger partial charge is 0.211 e. The number of rotatable bonds is 1. The molecule has 0 amide bonds. The monoisotopic (exact) mass is 357 g/mol. The van der Waals surface area contributed by atoms with Crippen molar-refractivity contribution >= 4 is 21.6 Å². The summed E-state index contributed by atoms with van der Waals surface area (Å²) in [5.74, 6) is 0.663. The van der Waals surface area contributed by atoms with E-state index in [1.165, 1.54) is 11.3 Å². The zero-order chi connectivity index (χ0) is 16.1. The highest BCUT2D eigenvalue weighted by Gasteiger charge is 2.57. The number of allylic oxidation sites excluding steroid dienone is 3. The Balaban J connectivity index is 2.14. The lowest BCUT2D eigenvalue weighted by Gasteiger charge is -2.46. The van der Waals surface area contributed by atoms with Crippen LogP contribution in [0.25, 0.3) is 0 Å². The van der Waals surface area contributed by atoms with Gasteiger partial charge in [0.1, 0.15) is 5.76 Å².